The van der Waals surface area contributed by atoms with Gasteiger partial charge in [0, 0.05) is 37.8 Å². The number of methoxy groups -OCH3 is 2. The number of anilines is 1. The van der Waals surface area contributed by atoms with Gasteiger partial charge >= 0.3 is 0 Å². The average molecular weight is 350 g/mol. The molecule has 3 heterocycles. The SMILES string of the molecule is COc1ccc(-c2cc3c4c(c2)[C@H]2CNC[C@H]2CN4CCC3)cc1OC. The fourth-order valence-corrected chi connectivity index (χ4v) is 5.09. The molecule has 1 saturated heterocycles. The first-order chi connectivity index (χ1) is 12.8. The second-order valence-corrected chi connectivity index (χ2v) is 7.72. The van der Waals surface area contributed by atoms with Gasteiger partial charge < -0.3 is 19.7 Å². The van der Waals surface area contributed by atoms with E-state index < -0.39 is 0 Å². The van der Waals surface area contributed by atoms with Gasteiger partial charge in [0.1, 0.15) is 0 Å². The molecular formula is C22H26N2O2. The molecule has 0 aliphatic carbocycles. The molecule has 0 unspecified atom stereocenters. The van der Waals surface area contributed by atoms with Crippen LogP contribution in [0.5, 0.6) is 11.5 Å². The maximum Gasteiger partial charge on any atom is 0.161 e. The lowest BCUT2D eigenvalue weighted by Gasteiger charge is -2.42. The molecule has 3 aliphatic rings. The van der Waals surface area contributed by atoms with Gasteiger partial charge in [0.2, 0.25) is 0 Å². The minimum Gasteiger partial charge on any atom is -0.493 e. The van der Waals surface area contributed by atoms with E-state index in [1.54, 1.807) is 19.8 Å². The Morgan fingerprint density at radius 1 is 1.00 bits per heavy atom. The van der Waals surface area contributed by atoms with Gasteiger partial charge in [-0.25, -0.2) is 0 Å². The van der Waals surface area contributed by atoms with Crippen molar-refractivity contribution < 1.29 is 9.47 Å². The van der Waals surface area contributed by atoms with Gasteiger partial charge in [0.15, 0.2) is 11.5 Å². The van der Waals surface area contributed by atoms with Crippen LogP contribution in [0, 0.1) is 5.92 Å². The molecular weight excluding hydrogens is 324 g/mol. The Labute approximate surface area is 155 Å². The molecule has 1 N–H and O–H groups in total. The van der Waals surface area contributed by atoms with Gasteiger partial charge in [-0.15, -0.1) is 0 Å². The van der Waals surface area contributed by atoms with Crippen LogP contribution in [0.25, 0.3) is 11.1 Å². The maximum atomic E-state index is 5.52. The summed E-state index contributed by atoms with van der Waals surface area (Å²) in [4.78, 5) is 2.64. The van der Waals surface area contributed by atoms with Crippen LogP contribution in [0.4, 0.5) is 5.69 Å². The van der Waals surface area contributed by atoms with Crippen LogP contribution in [-0.2, 0) is 6.42 Å². The number of rotatable bonds is 3. The minimum atomic E-state index is 0.651. The van der Waals surface area contributed by atoms with Crippen molar-refractivity contribution in [2.45, 2.75) is 18.8 Å². The highest BCUT2D eigenvalue weighted by atomic mass is 16.5. The second-order valence-electron chi connectivity index (χ2n) is 7.72. The normalized spacial score (nSPS) is 23.4. The van der Waals surface area contributed by atoms with Gasteiger partial charge in [-0.1, -0.05) is 6.07 Å². The second kappa shape index (κ2) is 6.20. The summed E-state index contributed by atoms with van der Waals surface area (Å²) in [5.74, 6) is 2.97. The molecule has 0 amide bonds. The zero-order valence-electron chi connectivity index (χ0n) is 15.5. The van der Waals surface area contributed by atoms with E-state index in [0.29, 0.717) is 5.92 Å². The van der Waals surface area contributed by atoms with Crippen LogP contribution in [0.2, 0.25) is 0 Å². The molecule has 4 heteroatoms. The third-order valence-corrected chi connectivity index (χ3v) is 6.32. The maximum absolute atomic E-state index is 5.52. The lowest BCUT2D eigenvalue weighted by atomic mass is 9.79. The van der Waals surface area contributed by atoms with Crippen molar-refractivity contribution in [3.05, 3.63) is 41.5 Å². The van der Waals surface area contributed by atoms with Crippen LogP contribution >= 0.6 is 0 Å². The molecule has 0 radical (unpaired) electrons. The number of fused-ring (bicyclic) bond motifs is 2. The van der Waals surface area contributed by atoms with E-state index in [9.17, 15) is 0 Å². The monoisotopic (exact) mass is 350 g/mol. The quantitative estimate of drug-likeness (QED) is 0.919. The highest BCUT2D eigenvalue weighted by Crippen LogP contribution is 2.46. The summed E-state index contributed by atoms with van der Waals surface area (Å²) >= 11 is 0. The van der Waals surface area contributed by atoms with Gasteiger partial charge in [-0.05, 0) is 65.3 Å². The largest absolute Gasteiger partial charge is 0.493 e. The predicted molar refractivity (Wildman–Crippen MR) is 105 cm³/mol. The Hall–Kier alpha value is -2.20. The summed E-state index contributed by atoms with van der Waals surface area (Å²) in [6.07, 6.45) is 2.44. The third kappa shape index (κ3) is 2.39. The first kappa shape index (κ1) is 16.0. The van der Waals surface area contributed by atoms with Crippen molar-refractivity contribution in [1.82, 2.24) is 5.32 Å². The summed E-state index contributed by atoms with van der Waals surface area (Å²) in [7, 11) is 3.38. The smallest absolute Gasteiger partial charge is 0.161 e. The molecule has 2 atom stereocenters. The van der Waals surface area contributed by atoms with Crippen molar-refractivity contribution in [2.24, 2.45) is 5.92 Å². The fourth-order valence-electron chi connectivity index (χ4n) is 5.09. The molecule has 0 bridgehead atoms. The number of aryl methyl sites for hydroxylation is 1. The van der Waals surface area contributed by atoms with Crippen LogP contribution in [0.15, 0.2) is 30.3 Å². The zero-order valence-corrected chi connectivity index (χ0v) is 15.5. The van der Waals surface area contributed by atoms with Crippen molar-refractivity contribution in [2.75, 3.05) is 45.3 Å². The Balaban J connectivity index is 1.65. The number of hydrogen-bond donors (Lipinski definition) is 1. The molecule has 136 valence electrons. The Morgan fingerprint density at radius 3 is 2.73 bits per heavy atom. The highest BCUT2D eigenvalue weighted by Gasteiger charge is 2.38. The predicted octanol–water partition coefficient (Wildman–Crippen LogP) is 3.44. The Kier molecular flexibility index (Phi) is 3.82. The molecule has 3 aliphatic heterocycles. The molecule has 0 saturated carbocycles. The number of hydrogen-bond acceptors (Lipinski definition) is 4. The van der Waals surface area contributed by atoms with Gasteiger partial charge in [-0.3, -0.25) is 0 Å². The highest BCUT2D eigenvalue weighted by molar-refractivity contribution is 5.76. The van der Waals surface area contributed by atoms with Crippen molar-refractivity contribution in [1.29, 1.82) is 0 Å². The molecule has 0 spiro atoms. The van der Waals surface area contributed by atoms with E-state index in [0.717, 1.165) is 30.5 Å². The van der Waals surface area contributed by atoms with Gasteiger partial charge in [0.25, 0.3) is 0 Å². The molecule has 4 nitrogen and oxygen atoms in total. The Morgan fingerprint density at radius 2 is 1.88 bits per heavy atom. The van der Waals surface area contributed by atoms with E-state index in [1.165, 1.54) is 48.3 Å². The van der Waals surface area contributed by atoms with Gasteiger partial charge in [-0.2, -0.15) is 0 Å². The van der Waals surface area contributed by atoms with E-state index in [-0.39, 0.29) is 0 Å². The van der Waals surface area contributed by atoms with Crippen LogP contribution in [0.3, 0.4) is 0 Å². The molecule has 2 aromatic rings. The van der Waals surface area contributed by atoms with Crippen molar-refractivity contribution in [3.8, 4) is 22.6 Å². The average Bonchev–Trinajstić information content (AvgIpc) is 3.16. The molecule has 2 aromatic carbocycles. The Bertz CT molecular complexity index is 848. The standard InChI is InChI=1S/C22H26N2O2/c1-25-20-6-5-14(10-21(20)26-2)16-8-15-4-3-7-24-13-17-11-23-12-19(17)18(9-16)22(15)24/h5-6,8-10,17,19,23H,3-4,7,11-13H2,1-2H3/t17-,19-/m0/s1. The zero-order chi connectivity index (χ0) is 17.7. The first-order valence-electron chi connectivity index (χ1n) is 9.63. The van der Waals surface area contributed by atoms with Crippen molar-refractivity contribution in [3.63, 3.8) is 0 Å². The van der Waals surface area contributed by atoms with E-state index in [4.69, 9.17) is 9.47 Å². The summed E-state index contributed by atoms with van der Waals surface area (Å²) in [5.41, 5.74) is 7.10. The van der Waals surface area contributed by atoms with Crippen LogP contribution in [-0.4, -0.2) is 40.4 Å². The summed E-state index contributed by atoms with van der Waals surface area (Å²) in [5, 5.41) is 3.62. The lowest BCUT2D eigenvalue weighted by Crippen LogP contribution is -2.40. The van der Waals surface area contributed by atoms with Crippen LogP contribution in [0.1, 0.15) is 23.5 Å². The van der Waals surface area contributed by atoms with Crippen LogP contribution < -0.4 is 19.7 Å². The number of benzene rings is 2. The lowest BCUT2D eigenvalue weighted by molar-refractivity contribution is 0.355. The summed E-state index contributed by atoms with van der Waals surface area (Å²) in [6, 6.07) is 11.1. The number of ether oxygens (including phenoxy) is 2. The minimum absolute atomic E-state index is 0.651. The van der Waals surface area contributed by atoms with Crippen molar-refractivity contribution >= 4 is 5.69 Å². The molecule has 0 aromatic heterocycles. The summed E-state index contributed by atoms with van der Waals surface area (Å²) in [6.45, 7) is 4.68. The number of nitrogens with zero attached hydrogens (tertiary/aromatic N) is 1. The van der Waals surface area contributed by atoms with Gasteiger partial charge in [0.05, 0.1) is 14.2 Å². The topological polar surface area (TPSA) is 33.7 Å². The first-order valence-corrected chi connectivity index (χ1v) is 9.63. The fraction of sp³-hybridized carbons (Fsp3) is 0.455. The summed E-state index contributed by atoms with van der Waals surface area (Å²) < 4.78 is 10.9. The molecule has 1 fully saturated rings. The van der Waals surface area contributed by atoms with E-state index in [1.807, 2.05) is 6.07 Å². The van der Waals surface area contributed by atoms with E-state index in [2.05, 4.69) is 34.5 Å². The number of nitrogens with one attached hydrogen (secondary N) is 1. The molecule has 26 heavy (non-hydrogen) atoms. The van der Waals surface area contributed by atoms with E-state index >= 15 is 0 Å². The third-order valence-electron chi connectivity index (χ3n) is 6.32. The molecule has 5 rings (SSSR count).